The minimum absolute atomic E-state index is 0.146. The summed E-state index contributed by atoms with van der Waals surface area (Å²) >= 11 is 0. The molecule has 0 saturated carbocycles. The van der Waals surface area contributed by atoms with Gasteiger partial charge in [0, 0.05) is 11.7 Å². The molecule has 15 heavy (non-hydrogen) atoms. The van der Waals surface area contributed by atoms with E-state index in [2.05, 4.69) is 22.2 Å². The van der Waals surface area contributed by atoms with Crippen molar-refractivity contribution in [1.82, 2.24) is 0 Å². The molecule has 0 saturated heterocycles. The molecule has 0 aliphatic carbocycles. The quantitative estimate of drug-likeness (QED) is 0.750. The van der Waals surface area contributed by atoms with Crippen LogP contribution in [0.3, 0.4) is 0 Å². The lowest BCUT2D eigenvalue weighted by Gasteiger charge is -2.26. The first-order valence-corrected chi connectivity index (χ1v) is 5.21. The Hall–Kier alpha value is -1.51. The van der Waals surface area contributed by atoms with Gasteiger partial charge in [-0.05, 0) is 24.5 Å². The van der Waals surface area contributed by atoms with Crippen LogP contribution in [0.25, 0.3) is 0 Å². The molecule has 0 aromatic heterocycles. The number of esters is 1. The van der Waals surface area contributed by atoms with Gasteiger partial charge in [-0.25, -0.2) is 0 Å². The first-order valence-electron chi connectivity index (χ1n) is 5.21. The number of methoxy groups -OCH3 is 1. The van der Waals surface area contributed by atoms with Crippen LogP contribution in [-0.4, -0.2) is 19.1 Å². The third-order valence-corrected chi connectivity index (χ3v) is 2.78. The second-order valence-electron chi connectivity index (χ2n) is 3.82. The van der Waals surface area contributed by atoms with Crippen LogP contribution in [0.5, 0.6) is 0 Å². The van der Waals surface area contributed by atoms with E-state index in [1.165, 1.54) is 12.7 Å². The van der Waals surface area contributed by atoms with E-state index < -0.39 is 0 Å². The van der Waals surface area contributed by atoms with E-state index in [0.717, 1.165) is 18.5 Å². The molecule has 0 spiro atoms. The molecule has 2 rings (SSSR count). The fraction of sp³-hybridized carbons (Fsp3) is 0.417. The highest BCUT2D eigenvalue weighted by atomic mass is 16.5. The fourth-order valence-corrected chi connectivity index (χ4v) is 1.94. The molecular formula is C12H15NO2. The van der Waals surface area contributed by atoms with Crippen molar-refractivity contribution in [2.75, 3.05) is 12.4 Å². The molecule has 1 atom stereocenters. The van der Waals surface area contributed by atoms with Crippen molar-refractivity contribution >= 4 is 11.7 Å². The first kappa shape index (κ1) is 10.0. The Kier molecular flexibility index (Phi) is 2.90. The number of para-hydroxylation sites is 1. The molecular weight excluding hydrogens is 190 g/mol. The fourth-order valence-electron chi connectivity index (χ4n) is 1.94. The summed E-state index contributed by atoms with van der Waals surface area (Å²) in [6, 6.07) is 8.44. The molecule has 80 valence electrons. The predicted octanol–water partition coefficient (Wildman–Crippen LogP) is 1.98. The molecule has 1 aliphatic heterocycles. The van der Waals surface area contributed by atoms with Crippen molar-refractivity contribution < 1.29 is 9.53 Å². The third-order valence-electron chi connectivity index (χ3n) is 2.78. The lowest BCUT2D eigenvalue weighted by Crippen LogP contribution is -2.28. The molecule has 1 aromatic carbocycles. The summed E-state index contributed by atoms with van der Waals surface area (Å²) in [4.78, 5) is 11.1. The first-order chi connectivity index (χ1) is 7.29. The van der Waals surface area contributed by atoms with Gasteiger partial charge in [0.25, 0.3) is 0 Å². The van der Waals surface area contributed by atoms with Gasteiger partial charge in [-0.15, -0.1) is 0 Å². The number of rotatable bonds is 2. The van der Waals surface area contributed by atoms with E-state index in [1.54, 1.807) is 0 Å². The molecule has 3 heteroatoms. The summed E-state index contributed by atoms with van der Waals surface area (Å²) in [6.45, 7) is 0. The molecule has 0 bridgehead atoms. The maximum atomic E-state index is 11.1. The number of hydrogen-bond donors (Lipinski definition) is 1. The number of ether oxygens (including phenoxy) is 1. The highest BCUT2D eigenvalue weighted by Crippen LogP contribution is 2.25. The molecule has 3 nitrogen and oxygen atoms in total. The molecule has 0 fully saturated rings. The zero-order valence-electron chi connectivity index (χ0n) is 8.82. The van der Waals surface area contributed by atoms with Crippen LogP contribution < -0.4 is 5.32 Å². The number of aryl methyl sites for hydroxylation is 1. The normalized spacial score (nSPS) is 18.9. The zero-order chi connectivity index (χ0) is 10.7. The average molecular weight is 205 g/mol. The van der Waals surface area contributed by atoms with E-state index in [9.17, 15) is 4.79 Å². The minimum Gasteiger partial charge on any atom is -0.469 e. The van der Waals surface area contributed by atoms with Gasteiger partial charge in [0.1, 0.15) is 0 Å². The Balaban J connectivity index is 2.02. The van der Waals surface area contributed by atoms with Crippen LogP contribution in [-0.2, 0) is 16.0 Å². The molecule has 0 radical (unpaired) electrons. The van der Waals surface area contributed by atoms with Gasteiger partial charge < -0.3 is 10.1 Å². The lowest BCUT2D eigenvalue weighted by molar-refractivity contribution is -0.140. The highest BCUT2D eigenvalue weighted by Gasteiger charge is 2.19. The van der Waals surface area contributed by atoms with Crippen molar-refractivity contribution in [3.05, 3.63) is 29.8 Å². The standard InChI is InChI=1S/C12H15NO2/c1-15-12(14)8-10-7-6-9-4-2-3-5-11(9)13-10/h2-5,10,13H,6-8H2,1H3/t10-/m0/s1. The van der Waals surface area contributed by atoms with Gasteiger partial charge in [0.2, 0.25) is 0 Å². The maximum Gasteiger partial charge on any atom is 0.307 e. The van der Waals surface area contributed by atoms with Crippen molar-refractivity contribution in [2.24, 2.45) is 0 Å². The van der Waals surface area contributed by atoms with Gasteiger partial charge in [0.15, 0.2) is 0 Å². The van der Waals surface area contributed by atoms with Crippen LogP contribution in [0.2, 0.25) is 0 Å². The van der Waals surface area contributed by atoms with Crippen molar-refractivity contribution in [3.8, 4) is 0 Å². The maximum absolute atomic E-state index is 11.1. The summed E-state index contributed by atoms with van der Waals surface area (Å²) in [6.07, 6.45) is 2.47. The number of carbonyl (C=O) groups is 1. The van der Waals surface area contributed by atoms with E-state index >= 15 is 0 Å². The number of nitrogens with one attached hydrogen (secondary N) is 1. The highest BCUT2D eigenvalue weighted by molar-refractivity contribution is 5.71. The summed E-state index contributed by atoms with van der Waals surface area (Å²) in [5, 5.41) is 3.36. The number of hydrogen-bond acceptors (Lipinski definition) is 3. The minimum atomic E-state index is -0.146. The molecule has 0 amide bonds. The Morgan fingerprint density at radius 2 is 2.33 bits per heavy atom. The third kappa shape index (κ3) is 2.29. The second-order valence-corrected chi connectivity index (χ2v) is 3.82. The van der Waals surface area contributed by atoms with Crippen LogP contribution in [0.4, 0.5) is 5.69 Å². The molecule has 1 aliphatic rings. The van der Waals surface area contributed by atoms with Crippen molar-refractivity contribution in [3.63, 3.8) is 0 Å². The van der Waals surface area contributed by atoms with Gasteiger partial charge in [0.05, 0.1) is 13.5 Å². The zero-order valence-corrected chi connectivity index (χ0v) is 8.82. The van der Waals surface area contributed by atoms with Crippen molar-refractivity contribution in [2.45, 2.75) is 25.3 Å². The number of benzene rings is 1. The molecule has 1 aromatic rings. The van der Waals surface area contributed by atoms with E-state index in [0.29, 0.717) is 6.42 Å². The summed E-state index contributed by atoms with van der Waals surface area (Å²) in [5.41, 5.74) is 2.48. The summed E-state index contributed by atoms with van der Waals surface area (Å²) < 4.78 is 4.66. The van der Waals surface area contributed by atoms with E-state index in [1.807, 2.05) is 12.1 Å². The average Bonchev–Trinajstić information content (AvgIpc) is 2.29. The Labute approximate surface area is 89.4 Å². The smallest absolute Gasteiger partial charge is 0.307 e. The summed E-state index contributed by atoms with van der Waals surface area (Å²) in [7, 11) is 1.43. The van der Waals surface area contributed by atoms with Crippen molar-refractivity contribution in [1.29, 1.82) is 0 Å². The summed E-state index contributed by atoms with van der Waals surface area (Å²) in [5.74, 6) is -0.146. The van der Waals surface area contributed by atoms with Gasteiger partial charge >= 0.3 is 5.97 Å². The van der Waals surface area contributed by atoms with Crippen LogP contribution in [0.1, 0.15) is 18.4 Å². The topological polar surface area (TPSA) is 38.3 Å². The molecule has 1 heterocycles. The van der Waals surface area contributed by atoms with Crippen LogP contribution in [0.15, 0.2) is 24.3 Å². The van der Waals surface area contributed by atoms with Gasteiger partial charge in [-0.2, -0.15) is 0 Å². The van der Waals surface area contributed by atoms with Crippen LogP contribution in [0, 0.1) is 0 Å². The Morgan fingerprint density at radius 3 is 3.13 bits per heavy atom. The Bertz CT molecular complexity index is 362. The largest absolute Gasteiger partial charge is 0.469 e. The van der Waals surface area contributed by atoms with E-state index in [4.69, 9.17) is 0 Å². The number of anilines is 1. The number of carbonyl (C=O) groups excluding carboxylic acids is 1. The van der Waals surface area contributed by atoms with Gasteiger partial charge in [-0.3, -0.25) is 4.79 Å². The molecule has 0 unspecified atom stereocenters. The second kappa shape index (κ2) is 4.34. The predicted molar refractivity (Wildman–Crippen MR) is 58.8 cm³/mol. The van der Waals surface area contributed by atoms with E-state index in [-0.39, 0.29) is 12.0 Å². The monoisotopic (exact) mass is 205 g/mol. The Morgan fingerprint density at radius 1 is 1.53 bits per heavy atom. The number of fused-ring (bicyclic) bond motifs is 1. The molecule has 1 N–H and O–H groups in total. The SMILES string of the molecule is COC(=O)C[C@@H]1CCc2ccccc2N1. The van der Waals surface area contributed by atoms with Gasteiger partial charge in [-0.1, -0.05) is 18.2 Å². The van der Waals surface area contributed by atoms with Crippen LogP contribution >= 0.6 is 0 Å². The lowest BCUT2D eigenvalue weighted by atomic mass is 9.96.